The van der Waals surface area contributed by atoms with Gasteiger partial charge >= 0.3 is 0 Å². The van der Waals surface area contributed by atoms with E-state index in [-0.39, 0.29) is 5.91 Å². The summed E-state index contributed by atoms with van der Waals surface area (Å²) < 4.78 is 5.10. The van der Waals surface area contributed by atoms with E-state index in [0.717, 1.165) is 44.8 Å². The molecule has 2 rings (SSSR count). The summed E-state index contributed by atoms with van der Waals surface area (Å²) in [4.78, 5) is 14.4. The van der Waals surface area contributed by atoms with E-state index in [1.165, 1.54) is 5.56 Å². The van der Waals surface area contributed by atoms with Gasteiger partial charge in [-0.15, -0.1) is 0 Å². The lowest BCUT2D eigenvalue weighted by Gasteiger charge is -2.15. The summed E-state index contributed by atoms with van der Waals surface area (Å²) in [7, 11) is 1.73. The van der Waals surface area contributed by atoms with E-state index in [1.807, 2.05) is 24.3 Å². The van der Waals surface area contributed by atoms with Gasteiger partial charge in [-0.1, -0.05) is 29.8 Å². The third-order valence-corrected chi connectivity index (χ3v) is 4.05. The van der Waals surface area contributed by atoms with Crippen molar-refractivity contribution >= 4 is 5.91 Å². The Morgan fingerprint density at radius 2 is 2.14 bits per heavy atom. The van der Waals surface area contributed by atoms with Gasteiger partial charge in [0.05, 0.1) is 13.0 Å². The van der Waals surface area contributed by atoms with E-state index in [2.05, 4.69) is 17.1 Å². The maximum atomic E-state index is 12.0. The highest BCUT2D eigenvalue weighted by atomic mass is 16.5. The molecule has 4 heteroatoms. The third-order valence-electron chi connectivity index (χ3n) is 4.05. The van der Waals surface area contributed by atoms with Crippen LogP contribution in [0, 0.1) is 12.8 Å². The number of aryl methyl sites for hydroxylation is 1. The van der Waals surface area contributed by atoms with Gasteiger partial charge in [-0.2, -0.15) is 0 Å². The molecular weight excluding hydrogens is 264 g/mol. The van der Waals surface area contributed by atoms with Crippen LogP contribution in [0.4, 0.5) is 0 Å². The minimum Gasteiger partial charge on any atom is -0.383 e. The van der Waals surface area contributed by atoms with Gasteiger partial charge in [-0.05, 0) is 31.4 Å². The fourth-order valence-corrected chi connectivity index (χ4v) is 2.71. The molecule has 0 spiro atoms. The molecule has 4 nitrogen and oxygen atoms in total. The van der Waals surface area contributed by atoms with Crippen LogP contribution >= 0.6 is 0 Å². The number of hydrogen-bond acceptors (Lipinski definition) is 3. The number of ether oxygens (including phenoxy) is 1. The second kappa shape index (κ2) is 8.15. The van der Waals surface area contributed by atoms with Gasteiger partial charge in [-0.3, -0.25) is 4.79 Å². The van der Waals surface area contributed by atoms with Crippen molar-refractivity contribution in [2.45, 2.75) is 19.8 Å². The minimum atomic E-state index is 0.120. The molecule has 1 fully saturated rings. The molecular formula is C17H26N2O2. The summed E-state index contributed by atoms with van der Waals surface area (Å²) in [6, 6.07) is 8.15. The number of likely N-dealkylation sites (tertiary alicyclic amines) is 1. The summed E-state index contributed by atoms with van der Waals surface area (Å²) in [5.74, 6) is 0.693. The first-order valence-electron chi connectivity index (χ1n) is 7.71. The predicted octanol–water partition coefficient (Wildman–Crippen LogP) is 1.62. The zero-order valence-corrected chi connectivity index (χ0v) is 13.1. The number of amides is 1. The van der Waals surface area contributed by atoms with Crippen LogP contribution in [0.15, 0.2) is 24.3 Å². The fraction of sp³-hybridized carbons (Fsp3) is 0.588. The van der Waals surface area contributed by atoms with Gasteiger partial charge in [0.2, 0.25) is 5.91 Å². The maximum Gasteiger partial charge on any atom is 0.224 e. The lowest BCUT2D eigenvalue weighted by molar-refractivity contribution is -0.120. The van der Waals surface area contributed by atoms with E-state index < -0.39 is 0 Å². The minimum absolute atomic E-state index is 0.120. The zero-order valence-electron chi connectivity index (χ0n) is 13.1. The topological polar surface area (TPSA) is 41.6 Å². The summed E-state index contributed by atoms with van der Waals surface area (Å²) in [5.41, 5.74) is 2.30. The molecule has 0 aromatic heterocycles. The van der Waals surface area contributed by atoms with Crippen molar-refractivity contribution in [2.24, 2.45) is 5.92 Å². The van der Waals surface area contributed by atoms with Gasteiger partial charge in [0.1, 0.15) is 0 Å². The van der Waals surface area contributed by atoms with Crippen molar-refractivity contribution in [1.29, 1.82) is 0 Å². The van der Waals surface area contributed by atoms with Gasteiger partial charge in [0.25, 0.3) is 0 Å². The Morgan fingerprint density at radius 1 is 1.38 bits per heavy atom. The zero-order chi connectivity index (χ0) is 15.1. The van der Waals surface area contributed by atoms with Gasteiger partial charge in [0.15, 0.2) is 0 Å². The quantitative estimate of drug-likeness (QED) is 0.830. The van der Waals surface area contributed by atoms with Crippen LogP contribution in [-0.2, 0) is 16.0 Å². The van der Waals surface area contributed by atoms with Gasteiger partial charge < -0.3 is 15.0 Å². The van der Waals surface area contributed by atoms with E-state index in [1.54, 1.807) is 7.11 Å². The van der Waals surface area contributed by atoms with Gasteiger partial charge in [-0.25, -0.2) is 0 Å². The Hall–Kier alpha value is -1.39. The van der Waals surface area contributed by atoms with Crippen LogP contribution < -0.4 is 5.32 Å². The number of carbonyl (C=O) groups excluding carboxylic acids is 1. The van der Waals surface area contributed by atoms with Crippen LogP contribution in [0.25, 0.3) is 0 Å². The molecule has 1 amide bonds. The molecule has 0 saturated carbocycles. The molecule has 0 aliphatic carbocycles. The van der Waals surface area contributed by atoms with E-state index >= 15 is 0 Å². The molecule has 1 aliphatic rings. The second-order valence-electron chi connectivity index (χ2n) is 5.91. The van der Waals surface area contributed by atoms with Crippen LogP contribution in [0.3, 0.4) is 0 Å². The number of nitrogens with one attached hydrogen (secondary N) is 1. The van der Waals surface area contributed by atoms with Crippen LogP contribution in [0.1, 0.15) is 17.5 Å². The van der Waals surface area contributed by atoms with E-state index in [4.69, 9.17) is 4.74 Å². The molecule has 1 aromatic rings. The highest BCUT2D eigenvalue weighted by Gasteiger charge is 2.22. The first-order chi connectivity index (χ1) is 10.2. The van der Waals surface area contributed by atoms with Crippen molar-refractivity contribution < 1.29 is 9.53 Å². The molecule has 1 aliphatic heterocycles. The number of nitrogens with zero attached hydrogens (tertiary/aromatic N) is 1. The average molecular weight is 290 g/mol. The lowest BCUT2D eigenvalue weighted by atomic mass is 10.1. The first kappa shape index (κ1) is 16.0. The third kappa shape index (κ3) is 5.48. The van der Waals surface area contributed by atoms with Gasteiger partial charge in [0, 0.05) is 26.7 Å². The molecule has 116 valence electrons. The monoisotopic (exact) mass is 290 g/mol. The van der Waals surface area contributed by atoms with Crippen molar-refractivity contribution in [2.75, 3.05) is 39.9 Å². The van der Waals surface area contributed by atoms with E-state index in [9.17, 15) is 4.79 Å². The Balaban J connectivity index is 1.66. The summed E-state index contributed by atoms with van der Waals surface area (Å²) in [5, 5.41) is 3.07. The number of carbonyl (C=O) groups is 1. The summed E-state index contributed by atoms with van der Waals surface area (Å²) >= 11 is 0. The molecule has 0 unspecified atom stereocenters. The molecule has 1 saturated heterocycles. The van der Waals surface area contributed by atoms with Crippen LogP contribution in [-0.4, -0.2) is 50.7 Å². The standard InChI is InChI=1S/C17H26N2O2/c1-14-3-5-15(6-4-14)11-17(20)18-12-16-7-8-19(13-16)9-10-21-2/h3-6,16H,7-13H2,1-2H3,(H,18,20)/t16-/m1/s1. The van der Waals surface area contributed by atoms with Crippen molar-refractivity contribution in [1.82, 2.24) is 10.2 Å². The first-order valence-corrected chi connectivity index (χ1v) is 7.71. The van der Waals surface area contributed by atoms with Crippen LogP contribution in [0.2, 0.25) is 0 Å². The Morgan fingerprint density at radius 3 is 2.86 bits per heavy atom. The number of rotatable bonds is 7. The van der Waals surface area contributed by atoms with Crippen molar-refractivity contribution in [3.05, 3.63) is 35.4 Å². The largest absolute Gasteiger partial charge is 0.383 e. The van der Waals surface area contributed by atoms with Crippen LogP contribution in [0.5, 0.6) is 0 Å². The SMILES string of the molecule is COCCN1CC[C@H](CNC(=O)Cc2ccc(C)cc2)C1. The van der Waals surface area contributed by atoms with Crippen molar-refractivity contribution in [3.63, 3.8) is 0 Å². The van der Waals surface area contributed by atoms with E-state index in [0.29, 0.717) is 12.3 Å². The highest BCUT2D eigenvalue weighted by Crippen LogP contribution is 2.14. The summed E-state index contributed by atoms with van der Waals surface area (Å²) in [6.07, 6.45) is 1.63. The number of benzene rings is 1. The molecule has 0 radical (unpaired) electrons. The molecule has 1 heterocycles. The highest BCUT2D eigenvalue weighted by molar-refractivity contribution is 5.78. The molecule has 1 N–H and O–H groups in total. The van der Waals surface area contributed by atoms with Crippen molar-refractivity contribution in [3.8, 4) is 0 Å². The Bertz CT molecular complexity index is 445. The Labute approximate surface area is 127 Å². The normalized spacial score (nSPS) is 18.9. The Kier molecular flexibility index (Phi) is 6.21. The lowest BCUT2D eigenvalue weighted by Crippen LogP contribution is -2.32. The molecule has 21 heavy (non-hydrogen) atoms. The fourth-order valence-electron chi connectivity index (χ4n) is 2.71. The number of hydrogen-bond donors (Lipinski definition) is 1. The maximum absolute atomic E-state index is 12.0. The summed E-state index contributed by atoms with van der Waals surface area (Å²) in [6.45, 7) is 6.79. The molecule has 0 bridgehead atoms. The smallest absolute Gasteiger partial charge is 0.224 e. The average Bonchev–Trinajstić information content (AvgIpc) is 2.93. The molecule has 1 atom stereocenters. The number of methoxy groups -OCH3 is 1. The molecule has 1 aromatic carbocycles. The predicted molar refractivity (Wildman–Crippen MR) is 84.3 cm³/mol. The second-order valence-corrected chi connectivity index (χ2v) is 5.91.